The molecule has 0 bridgehead atoms. The van der Waals surface area contributed by atoms with Crippen molar-refractivity contribution in [2.75, 3.05) is 5.32 Å². The van der Waals surface area contributed by atoms with E-state index in [0.29, 0.717) is 16.3 Å². The van der Waals surface area contributed by atoms with E-state index in [0.717, 1.165) is 0 Å². The summed E-state index contributed by atoms with van der Waals surface area (Å²) in [5.74, 6) is -0.265. The highest BCUT2D eigenvalue weighted by atomic mass is 35.5. The number of nitrogens with one attached hydrogen (secondary N) is 1. The summed E-state index contributed by atoms with van der Waals surface area (Å²) in [4.78, 5) is 19.5. The van der Waals surface area contributed by atoms with Crippen LogP contribution in [0.3, 0.4) is 0 Å². The zero-order valence-corrected chi connectivity index (χ0v) is 8.98. The Kier molecular flexibility index (Phi) is 3.12. The first-order valence-electron chi connectivity index (χ1n) is 4.58. The summed E-state index contributed by atoms with van der Waals surface area (Å²) in [7, 11) is 0. The Morgan fingerprint density at radius 1 is 1.12 bits per heavy atom. The van der Waals surface area contributed by atoms with Gasteiger partial charge in [0.2, 0.25) is 0 Å². The molecule has 0 fully saturated rings. The van der Waals surface area contributed by atoms with E-state index in [4.69, 9.17) is 11.6 Å². The number of amides is 1. The van der Waals surface area contributed by atoms with Gasteiger partial charge in [-0.15, -0.1) is 0 Å². The van der Waals surface area contributed by atoms with Gasteiger partial charge in [-0.05, 0) is 18.2 Å². The van der Waals surface area contributed by atoms with Crippen LogP contribution in [0.15, 0.2) is 43.0 Å². The molecule has 0 saturated carbocycles. The van der Waals surface area contributed by atoms with Crippen molar-refractivity contribution in [3.05, 3.63) is 53.6 Å². The Bertz CT molecular complexity index is 502. The van der Waals surface area contributed by atoms with Crippen molar-refractivity contribution in [2.45, 2.75) is 0 Å². The van der Waals surface area contributed by atoms with E-state index in [9.17, 15) is 4.79 Å². The molecular formula is C11H8ClN3O. The lowest BCUT2D eigenvalue weighted by molar-refractivity contribution is 0.102. The number of halogens is 1. The largest absolute Gasteiger partial charge is 0.322 e. The van der Waals surface area contributed by atoms with E-state index in [1.54, 1.807) is 30.6 Å². The fourth-order valence-electron chi connectivity index (χ4n) is 1.19. The third-order valence-corrected chi connectivity index (χ3v) is 2.26. The molecule has 0 aliphatic rings. The van der Waals surface area contributed by atoms with Crippen LogP contribution in [0, 0.1) is 0 Å². The van der Waals surface area contributed by atoms with Crippen LogP contribution in [0.5, 0.6) is 0 Å². The van der Waals surface area contributed by atoms with Gasteiger partial charge in [-0.2, -0.15) is 0 Å². The van der Waals surface area contributed by atoms with Crippen LogP contribution < -0.4 is 5.32 Å². The molecule has 2 aromatic rings. The number of hydrogen-bond donors (Lipinski definition) is 1. The third-order valence-electron chi connectivity index (χ3n) is 1.96. The number of carbonyl (C=O) groups excluding carboxylic acids is 1. The molecule has 2 rings (SSSR count). The molecule has 4 nitrogen and oxygen atoms in total. The molecule has 0 aliphatic carbocycles. The lowest BCUT2D eigenvalue weighted by Crippen LogP contribution is -2.12. The zero-order valence-electron chi connectivity index (χ0n) is 8.22. The van der Waals surface area contributed by atoms with E-state index in [2.05, 4.69) is 15.3 Å². The van der Waals surface area contributed by atoms with Crippen molar-refractivity contribution >= 4 is 23.2 Å². The average molecular weight is 234 g/mol. The summed E-state index contributed by atoms with van der Waals surface area (Å²) < 4.78 is 0. The molecule has 5 heteroatoms. The van der Waals surface area contributed by atoms with Crippen LogP contribution in [0.4, 0.5) is 5.69 Å². The smallest absolute Gasteiger partial charge is 0.257 e. The van der Waals surface area contributed by atoms with Gasteiger partial charge in [0, 0.05) is 30.5 Å². The molecule has 1 amide bonds. The van der Waals surface area contributed by atoms with Crippen LogP contribution in [-0.2, 0) is 0 Å². The van der Waals surface area contributed by atoms with E-state index in [1.807, 2.05) is 0 Å². The lowest BCUT2D eigenvalue weighted by atomic mass is 10.2. The summed E-state index contributed by atoms with van der Waals surface area (Å²) in [5.41, 5.74) is 1.07. The molecule has 0 aromatic carbocycles. The summed E-state index contributed by atoms with van der Waals surface area (Å²) in [6.07, 6.45) is 6.16. The first kappa shape index (κ1) is 10.6. The van der Waals surface area contributed by atoms with Crippen LogP contribution >= 0.6 is 11.6 Å². The molecule has 2 aromatic heterocycles. The monoisotopic (exact) mass is 233 g/mol. The summed E-state index contributed by atoms with van der Waals surface area (Å²) in [6.45, 7) is 0. The average Bonchev–Trinajstić information content (AvgIpc) is 2.31. The van der Waals surface area contributed by atoms with Crippen molar-refractivity contribution < 1.29 is 4.79 Å². The second-order valence-corrected chi connectivity index (χ2v) is 3.45. The second kappa shape index (κ2) is 4.72. The van der Waals surface area contributed by atoms with E-state index >= 15 is 0 Å². The van der Waals surface area contributed by atoms with Crippen molar-refractivity contribution in [2.24, 2.45) is 0 Å². The Morgan fingerprint density at radius 2 is 1.81 bits per heavy atom. The molecular weight excluding hydrogens is 226 g/mol. The quantitative estimate of drug-likeness (QED) is 0.867. The number of rotatable bonds is 2. The van der Waals surface area contributed by atoms with Gasteiger partial charge in [0.15, 0.2) is 0 Å². The molecule has 2 heterocycles. The van der Waals surface area contributed by atoms with E-state index in [-0.39, 0.29) is 5.91 Å². The Hall–Kier alpha value is -1.94. The predicted octanol–water partition coefficient (Wildman–Crippen LogP) is 2.38. The van der Waals surface area contributed by atoms with Crippen molar-refractivity contribution in [3.63, 3.8) is 0 Å². The second-order valence-electron chi connectivity index (χ2n) is 3.05. The fourth-order valence-corrected chi connectivity index (χ4v) is 1.40. The van der Waals surface area contributed by atoms with E-state index in [1.165, 1.54) is 12.4 Å². The molecule has 0 radical (unpaired) electrons. The van der Waals surface area contributed by atoms with E-state index < -0.39 is 0 Å². The van der Waals surface area contributed by atoms with Crippen LogP contribution in [0.1, 0.15) is 10.4 Å². The van der Waals surface area contributed by atoms with Gasteiger partial charge in [-0.25, -0.2) is 0 Å². The first-order valence-corrected chi connectivity index (χ1v) is 4.96. The highest BCUT2D eigenvalue weighted by molar-refractivity contribution is 6.34. The van der Waals surface area contributed by atoms with Gasteiger partial charge in [0.25, 0.3) is 5.91 Å². The van der Waals surface area contributed by atoms with Crippen LogP contribution in [-0.4, -0.2) is 15.9 Å². The van der Waals surface area contributed by atoms with Gasteiger partial charge in [-0.1, -0.05) is 11.6 Å². The van der Waals surface area contributed by atoms with Gasteiger partial charge in [0.05, 0.1) is 10.6 Å². The van der Waals surface area contributed by atoms with Crippen molar-refractivity contribution in [1.82, 2.24) is 9.97 Å². The standard InChI is InChI=1S/C11H8ClN3O/c12-10-7-14-6-3-9(10)11(16)15-8-1-4-13-5-2-8/h1-7H,(H,13,15,16). The van der Waals surface area contributed by atoms with Gasteiger partial charge in [-0.3, -0.25) is 14.8 Å². The molecule has 0 saturated heterocycles. The topological polar surface area (TPSA) is 54.9 Å². The summed E-state index contributed by atoms with van der Waals surface area (Å²) in [5, 5.41) is 3.04. The van der Waals surface area contributed by atoms with Crippen LogP contribution in [0.25, 0.3) is 0 Å². The normalized spacial score (nSPS) is 9.81. The Balaban J connectivity index is 2.19. The lowest BCUT2D eigenvalue weighted by Gasteiger charge is -2.05. The number of anilines is 1. The molecule has 0 aliphatic heterocycles. The maximum atomic E-state index is 11.8. The van der Waals surface area contributed by atoms with Gasteiger partial charge in [0.1, 0.15) is 0 Å². The highest BCUT2D eigenvalue weighted by Crippen LogP contribution is 2.15. The number of carbonyl (C=O) groups is 1. The molecule has 80 valence electrons. The molecule has 16 heavy (non-hydrogen) atoms. The minimum Gasteiger partial charge on any atom is -0.322 e. The number of hydrogen-bond acceptors (Lipinski definition) is 3. The van der Waals surface area contributed by atoms with Gasteiger partial charge < -0.3 is 5.32 Å². The SMILES string of the molecule is O=C(Nc1ccncc1)c1ccncc1Cl. The Morgan fingerprint density at radius 3 is 2.50 bits per heavy atom. The molecule has 0 atom stereocenters. The summed E-state index contributed by atoms with van der Waals surface area (Å²) in [6, 6.07) is 4.97. The number of pyridine rings is 2. The minimum atomic E-state index is -0.265. The number of nitrogens with zero attached hydrogens (tertiary/aromatic N) is 2. The maximum absolute atomic E-state index is 11.8. The zero-order chi connectivity index (χ0) is 11.4. The van der Waals surface area contributed by atoms with Crippen molar-refractivity contribution in [3.8, 4) is 0 Å². The van der Waals surface area contributed by atoms with Crippen LogP contribution in [0.2, 0.25) is 5.02 Å². The summed E-state index contributed by atoms with van der Waals surface area (Å²) >= 11 is 5.85. The van der Waals surface area contributed by atoms with Gasteiger partial charge >= 0.3 is 0 Å². The van der Waals surface area contributed by atoms with Crippen molar-refractivity contribution in [1.29, 1.82) is 0 Å². The fraction of sp³-hybridized carbons (Fsp3) is 0. The molecule has 1 N–H and O–H groups in total. The molecule has 0 spiro atoms. The molecule has 0 unspecified atom stereocenters. The highest BCUT2D eigenvalue weighted by Gasteiger charge is 2.09. The Labute approximate surface area is 97.3 Å². The maximum Gasteiger partial charge on any atom is 0.257 e. The third kappa shape index (κ3) is 2.35. The predicted molar refractivity (Wildman–Crippen MR) is 61.4 cm³/mol. The minimum absolute atomic E-state index is 0.265. The number of aromatic nitrogens is 2. The first-order chi connectivity index (χ1) is 7.77.